The zero-order valence-corrected chi connectivity index (χ0v) is 20.1. The Morgan fingerprint density at radius 2 is 0.794 bits per heavy atom. The Hall–Kier alpha value is -3.87. The summed E-state index contributed by atoms with van der Waals surface area (Å²) < 4.78 is 8.51. The van der Waals surface area contributed by atoms with Gasteiger partial charge in [0, 0.05) is 7.05 Å². The van der Waals surface area contributed by atoms with Gasteiger partial charge in [-0.3, -0.25) is 0 Å². The molecule has 2 nitrogen and oxygen atoms in total. The molecule has 34 heavy (non-hydrogen) atoms. The molecule has 0 aliphatic rings. The monoisotopic (exact) mass is 460 g/mol. The van der Waals surface area contributed by atoms with Gasteiger partial charge < -0.3 is 4.74 Å². The van der Waals surface area contributed by atoms with Crippen molar-refractivity contribution >= 4 is 29.0 Å². The highest BCUT2D eigenvalue weighted by atomic mass is 31.2. The molecule has 0 amide bonds. The van der Waals surface area contributed by atoms with Crippen LogP contribution in [0, 0.1) is 0 Å². The number of anilines is 1. The quantitative estimate of drug-likeness (QED) is 0.247. The Morgan fingerprint density at radius 1 is 0.441 bits per heavy atom. The molecule has 166 valence electrons. The average molecular weight is 461 g/mol. The zero-order chi connectivity index (χ0) is 23.2. The minimum atomic E-state index is -2.16. The molecule has 5 aromatic carbocycles. The SMILES string of the molecule is CN(c1ccc(Oc2ccccc2)cc1)[P+](c1ccccc1)(c1ccccc1)c1ccccc1. The molecule has 0 unspecified atom stereocenters. The van der Waals surface area contributed by atoms with Gasteiger partial charge >= 0.3 is 0 Å². The normalized spacial score (nSPS) is 11.1. The predicted molar refractivity (Wildman–Crippen MR) is 147 cm³/mol. The first-order chi connectivity index (χ1) is 16.8. The maximum absolute atomic E-state index is 6.04. The molecule has 0 atom stereocenters. The molecule has 5 aromatic rings. The van der Waals surface area contributed by atoms with Crippen molar-refractivity contribution in [1.82, 2.24) is 0 Å². The largest absolute Gasteiger partial charge is 0.457 e. The van der Waals surface area contributed by atoms with Crippen molar-refractivity contribution in [1.29, 1.82) is 0 Å². The van der Waals surface area contributed by atoms with Gasteiger partial charge in [-0.25, -0.2) is 4.67 Å². The summed E-state index contributed by atoms with van der Waals surface area (Å²) in [6.45, 7) is 0. The predicted octanol–water partition coefficient (Wildman–Crippen LogP) is 6.82. The molecule has 3 heteroatoms. The highest BCUT2D eigenvalue weighted by Crippen LogP contribution is 2.59. The van der Waals surface area contributed by atoms with Gasteiger partial charge in [0.25, 0.3) is 0 Å². The van der Waals surface area contributed by atoms with E-state index < -0.39 is 7.41 Å². The Morgan fingerprint density at radius 3 is 1.21 bits per heavy atom. The van der Waals surface area contributed by atoms with E-state index in [1.54, 1.807) is 0 Å². The lowest BCUT2D eigenvalue weighted by Crippen LogP contribution is -2.41. The van der Waals surface area contributed by atoms with E-state index in [-0.39, 0.29) is 0 Å². The summed E-state index contributed by atoms with van der Waals surface area (Å²) in [4.78, 5) is 0. The van der Waals surface area contributed by atoms with Gasteiger partial charge in [0.05, 0.1) is 5.69 Å². The molecule has 0 fully saturated rings. The number of rotatable bonds is 7. The summed E-state index contributed by atoms with van der Waals surface area (Å²) in [5.74, 6) is 1.66. The van der Waals surface area contributed by atoms with Crippen LogP contribution < -0.4 is 25.3 Å². The fourth-order valence-corrected chi connectivity index (χ4v) is 8.65. The van der Waals surface area contributed by atoms with Crippen molar-refractivity contribution in [3.05, 3.63) is 146 Å². The van der Waals surface area contributed by atoms with E-state index in [1.807, 2.05) is 30.3 Å². The summed E-state index contributed by atoms with van der Waals surface area (Å²) in [5, 5.41) is 3.96. The Bertz CT molecular complexity index is 1210. The van der Waals surface area contributed by atoms with Crippen molar-refractivity contribution in [2.45, 2.75) is 0 Å². The van der Waals surface area contributed by atoms with Crippen molar-refractivity contribution in [2.75, 3.05) is 11.7 Å². The Labute approximate surface area is 202 Å². The maximum Gasteiger partial charge on any atom is 0.202 e. The van der Waals surface area contributed by atoms with Crippen LogP contribution in [-0.4, -0.2) is 7.05 Å². The van der Waals surface area contributed by atoms with Gasteiger partial charge in [0.15, 0.2) is 0 Å². The molecule has 5 rings (SSSR count). The maximum atomic E-state index is 6.04. The second-order valence-corrected chi connectivity index (χ2v) is 11.5. The van der Waals surface area contributed by atoms with Crippen molar-refractivity contribution in [3.8, 4) is 11.5 Å². The first-order valence-electron chi connectivity index (χ1n) is 11.4. The van der Waals surface area contributed by atoms with Crippen molar-refractivity contribution in [2.24, 2.45) is 0 Å². The smallest absolute Gasteiger partial charge is 0.202 e. The number of nitrogens with zero attached hydrogens (tertiary/aromatic N) is 1. The summed E-state index contributed by atoms with van der Waals surface area (Å²) in [5.41, 5.74) is 1.14. The highest BCUT2D eigenvalue weighted by molar-refractivity contribution is 7.96. The van der Waals surface area contributed by atoms with Gasteiger partial charge in [0.2, 0.25) is 7.41 Å². The van der Waals surface area contributed by atoms with Crippen LogP contribution in [0.5, 0.6) is 11.5 Å². The van der Waals surface area contributed by atoms with E-state index in [9.17, 15) is 0 Å². The average Bonchev–Trinajstić information content (AvgIpc) is 2.92. The lowest BCUT2D eigenvalue weighted by atomic mass is 10.3. The van der Waals surface area contributed by atoms with Crippen LogP contribution in [0.4, 0.5) is 5.69 Å². The molecule has 0 bridgehead atoms. The molecule has 0 N–H and O–H groups in total. The number of benzene rings is 5. The summed E-state index contributed by atoms with van der Waals surface area (Å²) in [6.07, 6.45) is 0. The molecule has 0 aliphatic heterocycles. The van der Waals surface area contributed by atoms with Gasteiger partial charge in [-0.2, -0.15) is 0 Å². The third-order valence-electron chi connectivity index (χ3n) is 6.03. The lowest BCUT2D eigenvalue weighted by Gasteiger charge is -2.35. The Balaban J connectivity index is 1.63. The van der Waals surface area contributed by atoms with E-state index in [4.69, 9.17) is 4.74 Å². The topological polar surface area (TPSA) is 12.5 Å². The molecule has 0 spiro atoms. The zero-order valence-electron chi connectivity index (χ0n) is 19.2. The summed E-state index contributed by atoms with van der Waals surface area (Å²) >= 11 is 0. The fourth-order valence-electron chi connectivity index (χ4n) is 4.43. The van der Waals surface area contributed by atoms with Crippen molar-refractivity contribution < 1.29 is 4.74 Å². The first-order valence-corrected chi connectivity index (χ1v) is 13.2. The van der Waals surface area contributed by atoms with Crippen LogP contribution in [0.25, 0.3) is 0 Å². The molecular weight excluding hydrogens is 433 g/mol. The number of hydrogen-bond donors (Lipinski definition) is 0. The highest BCUT2D eigenvalue weighted by Gasteiger charge is 2.50. The van der Waals surface area contributed by atoms with Crippen LogP contribution in [0.1, 0.15) is 0 Å². The first kappa shape index (κ1) is 21.9. The van der Waals surface area contributed by atoms with Crippen molar-refractivity contribution in [3.63, 3.8) is 0 Å². The van der Waals surface area contributed by atoms with Crippen LogP contribution in [0.15, 0.2) is 146 Å². The molecular formula is C31H27NOP+. The number of hydrogen-bond acceptors (Lipinski definition) is 2. The van der Waals surface area contributed by atoms with Gasteiger partial charge in [-0.1, -0.05) is 72.8 Å². The minimum absolute atomic E-state index is 0.825. The number of ether oxygens (including phenoxy) is 1. The van der Waals surface area contributed by atoms with E-state index in [0.29, 0.717) is 0 Å². The standard InChI is InChI=1S/C31H27NOP/c1-32(26-22-24-28(25-23-26)33-27-14-6-2-7-15-27)34(29-16-8-3-9-17-29,30-18-10-4-11-19-30)31-20-12-5-13-21-31/h2-25H,1H3/q+1. The van der Waals surface area contributed by atoms with Gasteiger partial charge in [-0.05, 0) is 72.8 Å². The minimum Gasteiger partial charge on any atom is -0.457 e. The van der Waals surface area contributed by atoms with Gasteiger partial charge in [0.1, 0.15) is 27.4 Å². The Kier molecular flexibility index (Phi) is 6.42. The number of para-hydroxylation sites is 1. The van der Waals surface area contributed by atoms with Crippen LogP contribution in [-0.2, 0) is 0 Å². The third-order valence-corrected chi connectivity index (χ3v) is 10.3. The molecule has 0 radical (unpaired) electrons. The molecule has 0 saturated carbocycles. The summed E-state index contributed by atoms with van der Waals surface area (Å²) in [6, 6.07) is 51.0. The van der Waals surface area contributed by atoms with E-state index >= 15 is 0 Å². The van der Waals surface area contributed by atoms with Crippen LogP contribution in [0.2, 0.25) is 0 Å². The molecule has 0 aliphatic carbocycles. The van der Waals surface area contributed by atoms with Crippen LogP contribution >= 0.6 is 7.41 Å². The molecule has 0 saturated heterocycles. The third kappa shape index (κ3) is 4.21. The van der Waals surface area contributed by atoms with E-state index in [0.717, 1.165) is 17.2 Å². The summed E-state index contributed by atoms with van der Waals surface area (Å²) in [7, 11) is 0.0608. The fraction of sp³-hybridized carbons (Fsp3) is 0.0323. The lowest BCUT2D eigenvalue weighted by molar-refractivity contribution is 0.483. The molecule has 0 heterocycles. The van der Waals surface area contributed by atoms with E-state index in [1.165, 1.54) is 15.9 Å². The van der Waals surface area contributed by atoms with E-state index in [2.05, 4.69) is 127 Å². The second kappa shape index (κ2) is 9.95. The second-order valence-electron chi connectivity index (χ2n) is 8.07. The molecule has 0 aromatic heterocycles. The van der Waals surface area contributed by atoms with Crippen LogP contribution in [0.3, 0.4) is 0 Å². The van der Waals surface area contributed by atoms with Gasteiger partial charge in [-0.15, -0.1) is 0 Å².